The average Bonchev–Trinajstić information content (AvgIpc) is 3.13. The molecule has 4 rings (SSSR count). The molecule has 3 aliphatic heterocycles. The van der Waals surface area contributed by atoms with Crippen molar-refractivity contribution in [1.82, 2.24) is 0 Å². The first-order valence-corrected chi connectivity index (χ1v) is 19.6. The van der Waals surface area contributed by atoms with Gasteiger partial charge in [-0.15, -0.1) is 0 Å². The van der Waals surface area contributed by atoms with E-state index in [1.165, 1.54) is 0 Å². The quantitative estimate of drug-likeness (QED) is 0.119. The molecule has 3 fully saturated rings. The van der Waals surface area contributed by atoms with Crippen molar-refractivity contribution >= 4 is 0 Å². The standard InChI is InChI=1S/C39H66O11/c1-6-11-21-41-26-29-31(33(42-22-12-7-2)35(37(40)47-29)44-24-14-9-4)50-39-36(45-25-15-10-5)34(43-23-13-8-3)32-30(48-39)27-46-38(49-32)28-19-17-16-18-20-28/h16-20,29-40H,6-15,21-27H2,1-5H3/t29?,30?,31-,32+,33?,34?,35?,36?,37-,38?,39+/m1/s1. The molecular formula is C39H66O11. The van der Waals surface area contributed by atoms with Crippen LogP contribution in [0.2, 0.25) is 0 Å². The van der Waals surface area contributed by atoms with Gasteiger partial charge in [0.05, 0.1) is 13.2 Å². The summed E-state index contributed by atoms with van der Waals surface area (Å²) in [7, 11) is 0. The van der Waals surface area contributed by atoms with Crippen molar-refractivity contribution in [1.29, 1.82) is 0 Å². The fraction of sp³-hybridized carbons (Fsp3) is 0.846. The highest BCUT2D eigenvalue weighted by Gasteiger charge is 2.55. The Balaban J connectivity index is 1.65. The number of aliphatic hydroxyl groups excluding tert-OH is 1. The molecule has 0 amide bonds. The van der Waals surface area contributed by atoms with Crippen LogP contribution in [-0.4, -0.2) is 113 Å². The molecule has 0 aliphatic carbocycles. The summed E-state index contributed by atoms with van der Waals surface area (Å²) in [6, 6.07) is 9.93. The normalized spacial score (nSPS) is 33.0. The summed E-state index contributed by atoms with van der Waals surface area (Å²) in [5, 5.41) is 11.3. The number of hydrogen-bond donors (Lipinski definition) is 1. The number of fused-ring (bicyclic) bond motifs is 1. The Morgan fingerprint density at radius 2 is 1.18 bits per heavy atom. The Morgan fingerprint density at radius 1 is 0.620 bits per heavy atom. The van der Waals surface area contributed by atoms with Gasteiger partial charge < -0.3 is 52.5 Å². The van der Waals surface area contributed by atoms with Crippen LogP contribution in [0.5, 0.6) is 0 Å². The van der Waals surface area contributed by atoms with Gasteiger partial charge in [-0.2, -0.15) is 0 Å². The largest absolute Gasteiger partial charge is 0.379 e. The predicted molar refractivity (Wildman–Crippen MR) is 189 cm³/mol. The highest BCUT2D eigenvalue weighted by Crippen LogP contribution is 2.39. The van der Waals surface area contributed by atoms with Gasteiger partial charge >= 0.3 is 0 Å². The Hall–Kier alpha value is -1.22. The number of rotatable bonds is 24. The third kappa shape index (κ3) is 12.2. The van der Waals surface area contributed by atoms with Gasteiger partial charge in [-0.1, -0.05) is 97.1 Å². The molecule has 11 atom stereocenters. The smallest absolute Gasteiger partial charge is 0.187 e. The van der Waals surface area contributed by atoms with Crippen LogP contribution in [0.3, 0.4) is 0 Å². The van der Waals surface area contributed by atoms with Gasteiger partial charge in [0, 0.05) is 38.6 Å². The highest BCUT2D eigenvalue weighted by atomic mass is 16.8. The van der Waals surface area contributed by atoms with E-state index in [-0.39, 0.29) is 6.61 Å². The van der Waals surface area contributed by atoms with Crippen LogP contribution in [0.1, 0.15) is 111 Å². The molecule has 288 valence electrons. The minimum Gasteiger partial charge on any atom is -0.379 e. The summed E-state index contributed by atoms with van der Waals surface area (Å²) < 4.78 is 65.0. The van der Waals surface area contributed by atoms with Crippen LogP contribution >= 0.6 is 0 Å². The third-order valence-corrected chi connectivity index (χ3v) is 9.41. The van der Waals surface area contributed by atoms with Crippen LogP contribution < -0.4 is 0 Å². The minimum absolute atomic E-state index is 0.221. The number of hydrogen-bond acceptors (Lipinski definition) is 11. The van der Waals surface area contributed by atoms with Gasteiger partial charge in [0.1, 0.15) is 48.8 Å². The van der Waals surface area contributed by atoms with Gasteiger partial charge in [0.25, 0.3) is 0 Å². The maximum absolute atomic E-state index is 11.3. The van der Waals surface area contributed by atoms with Gasteiger partial charge in [-0.25, -0.2) is 0 Å². The first kappa shape index (κ1) is 41.5. The summed E-state index contributed by atoms with van der Waals surface area (Å²) in [5.74, 6) is 0. The maximum atomic E-state index is 11.3. The first-order chi connectivity index (χ1) is 24.6. The second-order valence-electron chi connectivity index (χ2n) is 13.6. The molecule has 11 heteroatoms. The van der Waals surface area contributed by atoms with Crippen LogP contribution in [-0.2, 0) is 47.4 Å². The van der Waals surface area contributed by atoms with Gasteiger partial charge in [0.2, 0.25) is 0 Å². The second-order valence-corrected chi connectivity index (χ2v) is 13.6. The third-order valence-electron chi connectivity index (χ3n) is 9.41. The van der Waals surface area contributed by atoms with E-state index in [4.69, 9.17) is 47.4 Å². The zero-order chi connectivity index (χ0) is 35.6. The van der Waals surface area contributed by atoms with Gasteiger partial charge in [-0.3, -0.25) is 0 Å². The maximum Gasteiger partial charge on any atom is 0.187 e. The topological polar surface area (TPSA) is 113 Å². The monoisotopic (exact) mass is 710 g/mol. The molecule has 3 heterocycles. The molecule has 0 bridgehead atoms. The van der Waals surface area contributed by atoms with E-state index in [0.29, 0.717) is 39.6 Å². The molecule has 0 saturated carbocycles. The van der Waals surface area contributed by atoms with Crippen LogP contribution in [0.25, 0.3) is 0 Å². The van der Waals surface area contributed by atoms with Crippen molar-refractivity contribution in [3.63, 3.8) is 0 Å². The SMILES string of the molecule is CCCCOCC1O[C@@H](O)C(OCCCC)C(OCCCC)[C@@H]1O[C@@H]1OC2COC(c3ccccc3)O[C@@H]2C(OCCCC)C1OCCCC. The minimum atomic E-state index is -1.20. The Kier molecular flexibility index (Phi) is 19.5. The van der Waals surface area contributed by atoms with E-state index in [2.05, 4.69) is 34.6 Å². The van der Waals surface area contributed by atoms with E-state index in [9.17, 15) is 5.11 Å². The lowest BCUT2D eigenvalue weighted by Gasteiger charge is -2.51. The molecule has 7 unspecified atom stereocenters. The summed E-state index contributed by atoms with van der Waals surface area (Å²) >= 11 is 0. The molecule has 1 N–H and O–H groups in total. The lowest BCUT2D eigenvalue weighted by molar-refractivity contribution is -0.393. The van der Waals surface area contributed by atoms with Crippen LogP contribution in [0.15, 0.2) is 30.3 Å². The number of unbranched alkanes of at least 4 members (excludes halogenated alkanes) is 5. The summed E-state index contributed by atoms with van der Waals surface area (Å²) in [4.78, 5) is 0. The zero-order valence-corrected chi connectivity index (χ0v) is 31.3. The van der Waals surface area contributed by atoms with Crippen LogP contribution in [0, 0.1) is 0 Å². The van der Waals surface area contributed by atoms with Crippen molar-refractivity contribution in [2.24, 2.45) is 0 Å². The van der Waals surface area contributed by atoms with Gasteiger partial charge in [0.15, 0.2) is 18.9 Å². The Bertz CT molecular complexity index is 1000. The first-order valence-electron chi connectivity index (χ1n) is 19.6. The van der Waals surface area contributed by atoms with Crippen molar-refractivity contribution in [3.8, 4) is 0 Å². The van der Waals surface area contributed by atoms with Crippen molar-refractivity contribution in [3.05, 3.63) is 35.9 Å². The summed E-state index contributed by atoms with van der Waals surface area (Å²) in [6.45, 7) is 13.7. The molecule has 3 saturated heterocycles. The molecule has 1 aromatic carbocycles. The molecular weight excluding hydrogens is 644 g/mol. The van der Waals surface area contributed by atoms with E-state index in [1.807, 2.05) is 30.3 Å². The lowest BCUT2D eigenvalue weighted by atomic mass is 9.95. The van der Waals surface area contributed by atoms with E-state index < -0.39 is 67.7 Å². The number of benzene rings is 1. The van der Waals surface area contributed by atoms with Crippen molar-refractivity contribution in [2.75, 3.05) is 46.2 Å². The number of aliphatic hydroxyl groups is 1. The van der Waals surface area contributed by atoms with E-state index in [1.54, 1.807) is 0 Å². The van der Waals surface area contributed by atoms with Crippen LogP contribution in [0.4, 0.5) is 0 Å². The fourth-order valence-electron chi connectivity index (χ4n) is 6.42. The van der Waals surface area contributed by atoms with Crippen molar-refractivity contribution in [2.45, 2.75) is 167 Å². The van der Waals surface area contributed by atoms with E-state index in [0.717, 1.165) is 69.8 Å². The fourth-order valence-corrected chi connectivity index (χ4v) is 6.42. The molecule has 0 aromatic heterocycles. The van der Waals surface area contributed by atoms with E-state index >= 15 is 0 Å². The molecule has 50 heavy (non-hydrogen) atoms. The molecule has 0 spiro atoms. The average molecular weight is 711 g/mol. The second kappa shape index (κ2) is 23.4. The highest BCUT2D eigenvalue weighted by molar-refractivity contribution is 5.16. The Labute approximate surface area is 300 Å². The van der Waals surface area contributed by atoms with Gasteiger partial charge in [-0.05, 0) is 32.1 Å². The summed E-state index contributed by atoms with van der Waals surface area (Å²) in [5.41, 5.74) is 0.935. The molecule has 3 aliphatic rings. The molecule has 11 nitrogen and oxygen atoms in total. The predicted octanol–water partition coefficient (Wildman–Crippen LogP) is 6.49. The van der Waals surface area contributed by atoms with Crippen molar-refractivity contribution < 1.29 is 52.5 Å². The molecule has 0 radical (unpaired) electrons. The number of ether oxygens (including phenoxy) is 10. The zero-order valence-electron chi connectivity index (χ0n) is 31.3. The Morgan fingerprint density at radius 3 is 1.80 bits per heavy atom. The lowest BCUT2D eigenvalue weighted by Crippen LogP contribution is -2.67. The summed E-state index contributed by atoms with van der Waals surface area (Å²) in [6.07, 6.45) is 1.94. The molecule has 1 aromatic rings.